The third-order valence-corrected chi connectivity index (χ3v) is 13.5. The molecule has 2 N–H and O–H groups in total. The number of anilines is 1. The number of sulfonamides is 1. The molecular formula is C39H52F3N3O9S. The number of fused-ring (bicyclic) bond motifs is 2. The molecule has 0 spiro atoms. The zero-order chi connectivity index (χ0) is 40.7. The van der Waals surface area contributed by atoms with E-state index in [2.05, 4.69) is 10.0 Å². The molecule has 4 aliphatic rings. The number of allylic oxidation sites excluding steroid dienone is 2. The number of para-hydroxylation sites is 1. The van der Waals surface area contributed by atoms with Crippen LogP contribution < -0.4 is 10.0 Å². The van der Waals surface area contributed by atoms with Crippen LogP contribution in [0.1, 0.15) is 105 Å². The van der Waals surface area contributed by atoms with Crippen LogP contribution in [0.3, 0.4) is 0 Å². The Kier molecular flexibility index (Phi) is 11.9. The molecule has 12 nitrogen and oxygen atoms in total. The van der Waals surface area contributed by atoms with Gasteiger partial charge in [0.15, 0.2) is 5.78 Å². The first-order chi connectivity index (χ1) is 25.4. The third-order valence-electron chi connectivity index (χ3n) is 11.3. The van der Waals surface area contributed by atoms with Crippen LogP contribution in [-0.4, -0.2) is 72.0 Å². The lowest BCUT2D eigenvalue weighted by atomic mass is 9.82. The monoisotopic (exact) mass is 795 g/mol. The van der Waals surface area contributed by atoms with E-state index >= 15 is 0 Å². The van der Waals surface area contributed by atoms with Gasteiger partial charge in [0.05, 0.1) is 46.3 Å². The van der Waals surface area contributed by atoms with Crippen LogP contribution in [0.4, 0.5) is 23.7 Å². The van der Waals surface area contributed by atoms with Crippen molar-refractivity contribution in [3.8, 4) is 0 Å². The Hall–Kier alpha value is -3.95. The molecule has 304 valence electrons. The summed E-state index contributed by atoms with van der Waals surface area (Å²) in [5.41, 5.74) is -3.89. The van der Waals surface area contributed by atoms with Crippen LogP contribution in [0.25, 0.3) is 0 Å². The van der Waals surface area contributed by atoms with Gasteiger partial charge >= 0.3 is 18.2 Å². The first kappa shape index (κ1) is 42.2. The van der Waals surface area contributed by atoms with E-state index in [9.17, 15) is 45.6 Å². The summed E-state index contributed by atoms with van der Waals surface area (Å²) in [6.07, 6.45) is -1.47. The summed E-state index contributed by atoms with van der Waals surface area (Å²) in [6.45, 7) is 10.2. The van der Waals surface area contributed by atoms with Crippen molar-refractivity contribution >= 4 is 45.4 Å². The molecule has 3 amide bonds. The number of ether oxygens (including phenoxy) is 2. The quantitative estimate of drug-likeness (QED) is 0.230. The topological polar surface area (TPSA) is 165 Å². The molecule has 0 unspecified atom stereocenters. The SMILES string of the molecule is C[C@H]1CC/C=C\[C@@H]2C[C@@]2(C(=O)NS(=O)(=O)C2(C)CC2)CC(=O)[C@@H]2C[C@@H](OC(=O)Nc3ccccc3C(F)(F)F)CN2C(=O)[C@@H](CC(=O)OC(C)(C)C)[C@H](C)C1. The number of esters is 1. The highest BCUT2D eigenvalue weighted by molar-refractivity contribution is 7.91. The van der Waals surface area contributed by atoms with Crippen molar-refractivity contribution in [2.45, 2.75) is 128 Å². The van der Waals surface area contributed by atoms with Gasteiger partial charge in [-0.3, -0.25) is 29.2 Å². The van der Waals surface area contributed by atoms with Gasteiger partial charge in [-0.15, -0.1) is 0 Å². The first-order valence-corrected chi connectivity index (χ1v) is 20.4. The number of Topliss-reactive ketones (excluding diaryl/α,β-unsaturated/α-hetero) is 1. The van der Waals surface area contributed by atoms with Gasteiger partial charge in [0.1, 0.15) is 11.7 Å². The number of hydrogen-bond acceptors (Lipinski definition) is 9. The van der Waals surface area contributed by atoms with Crippen molar-refractivity contribution in [1.82, 2.24) is 9.62 Å². The third kappa shape index (κ3) is 9.90. The molecule has 7 atom stereocenters. The smallest absolute Gasteiger partial charge is 0.418 e. The molecule has 2 heterocycles. The van der Waals surface area contributed by atoms with Gasteiger partial charge in [-0.2, -0.15) is 13.2 Å². The Morgan fingerprint density at radius 2 is 1.71 bits per heavy atom. The Morgan fingerprint density at radius 3 is 2.35 bits per heavy atom. The van der Waals surface area contributed by atoms with Crippen molar-refractivity contribution in [3.63, 3.8) is 0 Å². The molecule has 2 saturated carbocycles. The highest BCUT2D eigenvalue weighted by Gasteiger charge is 2.62. The lowest BCUT2D eigenvalue weighted by molar-refractivity contribution is -0.160. The predicted molar refractivity (Wildman–Crippen MR) is 196 cm³/mol. The molecular weight excluding hydrogens is 744 g/mol. The van der Waals surface area contributed by atoms with Crippen molar-refractivity contribution < 1.29 is 55.0 Å². The molecule has 3 fully saturated rings. The van der Waals surface area contributed by atoms with Gasteiger partial charge in [-0.05, 0) is 96.1 Å². The number of rotatable bonds is 7. The van der Waals surface area contributed by atoms with Gasteiger partial charge in [0.2, 0.25) is 21.8 Å². The summed E-state index contributed by atoms with van der Waals surface area (Å²) in [4.78, 5) is 70.4. The van der Waals surface area contributed by atoms with E-state index in [1.807, 2.05) is 26.0 Å². The van der Waals surface area contributed by atoms with Gasteiger partial charge in [0, 0.05) is 12.8 Å². The highest BCUT2D eigenvalue weighted by atomic mass is 32.2. The van der Waals surface area contributed by atoms with Crippen LogP contribution in [0.5, 0.6) is 0 Å². The number of hydrogen-bond donors (Lipinski definition) is 2. The second kappa shape index (κ2) is 15.5. The van der Waals surface area contributed by atoms with E-state index in [4.69, 9.17) is 9.47 Å². The maximum absolute atomic E-state index is 14.6. The number of carbonyl (C=O) groups excluding carboxylic acids is 5. The van der Waals surface area contributed by atoms with E-state index in [-0.39, 0.29) is 37.6 Å². The molecule has 1 saturated heterocycles. The van der Waals surface area contributed by atoms with Crippen LogP contribution in [0, 0.1) is 29.1 Å². The van der Waals surface area contributed by atoms with Crippen molar-refractivity contribution in [2.75, 3.05) is 11.9 Å². The summed E-state index contributed by atoms with van der Waals surface area (Å²) >= 11 is 0. The normalized spacial score (nSPS) is 30.5. The number of amides is 3. The fourth-order valence-corrected chi connectivity index (χ4v) is 9.11. The lowest BCUT2D eigenvalue weighted by Crippen LogP contribution is -2.48. The average molecular weight is 796 g/mol. The molecule has 0 radical (unpaired) electrons. The molecule has 2 aliphatic heterocycles. The lowest BCUT2D eigenvalue weighted by Gasteiger charge is -2.32. The molecule has 55 heavy (non-hydrogen) atoms. The average Bonchev–Trinajstić information content (AvgIpc) is 3.94. The van der Waals surface area contributed by atoms with E-state index in [0.717, 1.165) is 18.6 Å². The second-order valence-electron chi connectivity index (χ2n) is 17.2. The minimum atomic E-state index is -4.77. The number of ketones is 1. The minimum Gasteiger partial charge on any atom is -0.460 e. The van der Waals surface area contributed by atoms with Crippen molar-refractivity contribution in [2.24, 2.45) is 29.1 Å². The van der Waals surface area contributed by atoms with Crippen LogP contribution in [0.2, 0.25) is 0 Å². The van der Waals surface area contributed by atoms with Gasteiger partial charge in [0.25, 0.3) is 0 Å². The zero-order valence-electron chi connectivity index (χ0n) is 32.2. The van der Waals surface area contributed by atoms with E-state index < -0.39 is 103 Å². The molecule has 1 aromatic rings. The molecule has 2 aliphatic carbocycles. The summed E-state index contributed by atoms with van der Waals surface area (Å²) in [5.74, 6) is -4.22. The highest BCUT2D eigenvalue weighted by Crippen LogP contribution is 2.57. The Morgan fingerprint density at radius 1 is 1.04 bits per heavy atom. The second-order valence-corrected chi connectivity index (χ2v) is 19.3. The Labute approximate surface area is 320 Å². The first-order valence-electron chi connectivity index (χ1n) is 18.9. The molecule has 1 aromatic carbocycles. The molecule has 0 aromatic heterocycles. The minimum absolute atomic E-state index is 0.103. The number of alkyl halides is 3. The number of benzene rings is 1. The molecule has 5 rings (SSSR count). The summed E-state index contributed by atoms with van der Waals surface area (Å²) in [5, 5.41) is 2.12. The summed E-state index contributed by atoms with van der Waals surface area (Å²) in [7, 11) is -4.04. The fraction of sp³-hybridized carbons (Fsp3) is 0.667. The van der Waals surface area contributed by atoms with Gasteiger partial charge in [-0.1, -0.05) is 38.1 Å². The number of halogens is 3. The molecule has 16 heteroatoms. The maximum Gasteiger partial charge on any atom is 0.418 e. The van der Waals surface area contributed by atoms with Gasteiger partial charge < -0.3 is 14.4 Å². The summed E-state index contributed by atoms with van der Waals surface area (Å²) < 4.78 is 79.4. The van der Waals surface area contributed by atoms with Crippen molar-refractivity contribution in [3.05, 3.63) is 42.0 Å². The van der Waals surface area contributed by atoms with E-state index in [1.165, 1.54) is 17.0 Å². The number of nitrogens with zero attached hydrogens (tertiary/aromatic N) is 1. The Balaban J connectivity index is 1.46. The predicted octanol–water partition coefficient (Wildman–Crippen LogP) is 6.55. The summed E-state index contributed by atoms with van der Waals surface area (Å²) in [6, 6.07) is 3.09. The Bertz CT molecular complexity index is 1820. The largest absolute Gasteiger partial charge is 0.460 e. The number of nitrogens with one attached hydrogen (secondary N) is 2. The van der Waals surface area contributed by atoms with Crippen LogP contribution in [-0.2, 0) is 44.9 Å². The van der Waals surface area contributed by atoms with Gasteiger partial charge in [-0.25, -0.2) is 13.2 Å². The maximum atomic E-state index is 14.6. The standard InChI is InChI=1S/C39H52F3N3O9S/c1-23-11-7-8-12-25-20-38(25,34(49)44-55(51,52)37(6)15-16-37)21-31(46)30-18-26(53-35(50)43-29-14-10-9-13-28(29)39(40,41)42)22-45(30)33(48)27(24(2)17-23)19-32(47)54-36(3,4)5/h8-10,12-14,23-27,30H,7,11,15-22H2,1-6H3,(H,43,50)(H,44,49)/b12-8-/t23-,24+,25+,26+,27-,30-,38+/m0/s1. The fourth-order valence-electron chi connectivity index (χ4n) is 7.78. The number of carbonyl (C=O) groups is 5. The molecule has 0 bridgehead atoms. The van der Waals surface area contributed by atoms with Crippen molar-refractivity contribution in [1.29, 1.82) is 0 Å². The van der Waals surface area contributed by atoms with Crippen LogP contribution in [0.15, 0.2) is 36.4 Å². The zero-order valence-corrected chi connectivity index (χ0v) is 33.0. The van der Waals surface area contributed by atoms with E-state index in [0.29, 0.717) is 25.7 Å². The van der Waals surface area contributed by atoms with Crippen LogP contribution >= 0.6 is 0 Å². The van der Waals surface area contributed by atoms with E-state index in [1.54, 1.807) is 27.7 Å².